The minimum absolute atomic E-state index is 0.111. The second-order valence-corrected chi connectivity index (χ2v) is 7.21. The number of benzene rings is 3. The Kier molecular flexibility index (Phi) is 6.36. The summed E-state index contributed by atoms with van der Waals surface area (Å²) < 4.78 is 13.1. The van der Waals surface area contributed by atoms with Crippen LogP contribution in [0.15, 0.2) is 85.1 Å². The first-order valence-corrected chi connectivity index (χ1v) is 10.1. The molecule has 0 aliphatic carbocycles. The fourth-order valence-corrected chi connectivity index (χ4v) is 3.15. The number of rotatable bonds is 7. The lowest BCUT2D eigenvalue weighted by molar-refractivity contribution is -0.114. The number of anilines is 4. The van der Waals surface area contributed by atoms with Gasteiger partial charge in [-0.3, -0.25) is 4.79 Å². The molecule has 0 atom stereocenters. The average Bonchev–Trinajstić information content (AvgIpc) is 2.79. The first kappa shape index (κ1) is 21.0. The lowest BCUT2D eigenvalue weighted by Crippen LogP contribution is -2.05. The van der Waals surface area contributed by atoms with Gasteiger partial charge in [0.15, 0.2) is 0 Å². The van der Waals surface area contributed by atoms with Crippen LogP contribution in [-0.4, -0.2) is 15.9 Å². The van der Waals surface area contributed by atoms with Gasteiger partial charge in [-0.25, -0.2) is 14.4 Å². The molecule has 0 radical (unpaired) electrons. The van der Waals surface area contributed by atoms with E-state index in [0.717, 1.165) is 33.9 Å². The number of nitrogens with zero attached hydrogens (tertiary/aromatic N) is 2. The van der Waals surface area contributed by atoms with Gasteiger partial charge in [0.25, 0.3) is 0 Å². The number of amides is 1. The molecular weight excluding hydrogens is 405 g/mol. The fraction of sp³-hybridized carbons (Fsp3) is 0.0800. The lowest BCUT2D eigenvalue weighted by atomic mass is 10.1. The highest BCUT2D eigenvalue weighted by Crippen LogP contribution is 2.23. The smallest absolute Gasteiger partial charge is 0.227 e. The molecule has 4 rings (SSSR count). The third-order valence-corrected chi connectivity index (χ3v) is 4.69. The summed E-state index contributed by atoms with van der Waals surface area (Å²) in [7, 11) is 0. The maximum absolute atomic E-state index is 13.1. The van der Waals surface area contributed by atoms with E-state index in [1.165, 1.54) is 19.1 Å². The van der Waals surface area contributed by atoms with Crippen molar-refractivity contribution in [2.24, 2.45) is 0 Å². The molecule has 0 spiro atoms. The Hall–Kier alpha value is -4.26. The molecule has 0 aliphatic heterocycles. The summed E-state index contributed by atoms with van der Waals surface area (Å²) in [6.07, 6.45) is 1.70. The zero-order valence-corrected chi connectivity index (χ0v) is 17.5. The van der Waals surface area contributed by atoms with E-state index in [1.54, 1.807) is 18.3 Å². The van der Waals surface area contributed by atoms with E-state index in [1.807, 2.05) is 54.6 Å². The van der Waals surface area contributed by atoms with Crippen molar-refractivity contribution in [2.45, 2.75) is 13.5 Å². The van der Waals surface area contributed by atoms with E-state index in [-0.39, 0.29) is 11.7 Å². The van der Waals surface area contributed by atoms with Crippen LogP contribution in [0.5, 0.6) is 0 Å². The molecule has 0 saturated carbocycles. The maximum Gasteiger partial charge on any atom is 0.227 e. The molecule has 0 fully saturated rings. The van der Waals surface area contributed by atoms with Gasteiger partial charge in [0.1, 0.15) is 5.82 Å². The Morgan fingerprint density at radius 3 is 2.41 bits per heavy atom. The van der Waals surface area contributed by atoms with Crippen molar-refractivity contribution in [3.63, 3.8) is 0 Å². The van der Waals surface area contributed by atoms with Gasteiger partial charge >= 0.3 is 0 Å². The summed E-state index contributed by atoms with van der Waals surface area (Å²) in [6, 6.07) is 23.5. The topological polar surface area (TPSA) is 78.9 Å². The van der Waals surface area contributed by atoms with Crippen LogP contribution in [-0.2, 0) is 11.3 Å². The van der Waals surface area contributed by atoms with Crippen molar-refractivity contribution in [1.82, 2.24) is 9.97 Å². The minimum atomic E-state index is -0.245. The van der Waals surface area contributed by atoms with Gasteiger partial charge in [0.2, 0.25) is 11.9 Å². The highest BCUT2D eigenvalue weighted by molar-refractivity contribution is 5.88. The summed E-state index contributed by atoms with van der Waals surface area (Å²) in [5.74, 6) is 0.121. The Bertz CT molecular complexity index is 1210. The van der Waals surface area contributed by atoms with Crippen molar-refractivity contribution < 1.29 is 9.18 Å². The summed E-state index contributed by atoms with van der Waals surface area (Å²) in [5.41, 5.74) is 5.17. The summed E-state index contributed by atoms with van der Waals surface area (Å²) in [4.78, 5) is 20.1. The molecule has 0 bridgehead atoms. The van der Waals surface area contributed by atoms with E-state index < -0.39 is 0 Å². The van der Waals surface area contributed by atoms with Crippen LogP contribution in [0, 0.1) is 5.82 Å². The molecule has 0 aliphatic rings. The fourth-order valence-electron chi connectivity index (χ4n) is 3.15. The van der Waals surface area contributed by atoms with Gasteiger partial charge in [-0.05, 0) is 54.1 Å². The highest BCUT2D eigenvalue weighted by atomic mass is 19.1. The van der Waals surface area contributed by atoms with Gasteiger partial charge in [0.05, 0.1) is 5.69 Å². The van der Waals surface area contributed by atoms with Crippen LogP contribution in [0.4, 0.5) is 27.4 Å². The molecule has 160 valence electrons. The van der Waals surface area contributed by atoms with Crippen molar-refractivity contribution in [3.8, 4) is 11.3 Å². The molecule has 32 heavy (non-hydrogen) atoms. The van der Waals surface area contributed by atoms with Crippen LogP contribution < -0.4 is 16.0 Å². The van der Waals surface area contributed by atoms with Crippen LogP contribution in [0.3, 0.4) is 0 Å². The van der Waals surface area contributed by atoms with E-state index >= 15 is 0 Å². The monoisotopic (exact) mass is 427 g/mol. The third-order valence-electron chi connectivity index (χ3n) is 4.69. The van der Waals surface area contributed by atoms with Crippen molar-refractivity contribution in [2.75, 3.05) is 16.0 Å². The maximum atomic E-state index is 13.1. The summed E-state index contributed by atoms with van der Waals surface area (Å²) in [5, 5.41) is 9.31. The Labute approximate surface area is 185 Å². The minimum Gasteiger partial charge on any atom is -0.381 e. The standard InChI is InChI=1S/C25H22FN5O/c1-17(32)29-21-11-7-19(8-12-21)24-13-14-27-25(31-24)30-23-4-2-3-22(15-23)28-16-18-5-9-20(26)10-6-18/h2-15,28H,16H2,1H3,(H,29,32)(H,27,30,31). The van der Waals surface area contributed by atoms with Crippen molar-refractivity contribution >= 4 is 28.9 Å². The number of nitrogens with one attached hydrogen (secondary N) is 3. The lowest BCUT2D eigenvalue weighted by Gasteiger charge is -2.10. The molecule has 3 aromatic carbocycles. The predicted octanol–water partition coefficient (Wildman–Crippen LogP) is 5.60. The van der Waals surface area contributed by atoms with Crippen LogP contribution in [0.2, 0.25) is 0 Å². The summed E-state index contributed by atoms with van der Waals surface area (Å²) in [6.45, 7) is 2.06. The SMILES string of the molecule is CC(=O)Nc1ccc(-c2ccnc(Nc3cccc(NCc4ccc(F)cc4)c3)n2)cc1. The van der Waals surface area contributed by atoms with Gasteiger partial charge < -0.3 is 16.0 Å². The van der Waals surface area contributed by atoms with Gasteiger partial charge in [-0.2, -0.15) is 0 Å². The zero-order chi connectivity index (χ0) is 22.3. The van der Waals surface area contributed by atoms with Gasteiger partial charge in [-0.1, -0.05) is 30.3 Å². The number of carbonyl (C=O) groups excluding carboxylic acids is 1. The number of hydrogen-bond donors (Lipinski definition) is 3. The molecule has 7 heteroatoms. The number of halogens is 1. The Morgan fingerprint density at radius 1 is 0.906 bits per heavy atom. The Morgan fingerprint density at radius 2 is 1.66 bits per heavy atom. The second-order valence-electron chi connectivity index (χ2n) is 7.21. The second kappa shape index (κ2) is 9.70. The quantitative estimate of drug-likeness (QED) is 0.358. The van der Waals surface area contributed by atoms with Crippen LogP contribution in [0.1, 0.15) is 12.5 Å². The molecule has 4 aromatic rings. The number of hydrogen-bond acceptors (Lipinski definition) is 5. The third kappa shape index (κ3) is 5.66. The number of carbonyl (C=O) groups is 1. The molecule has 1 aromatic heterocycles. The van der Waals surface area contributed by atoms with Crippen molar-refractivity contribution in [1.29, 1.82) is 0 Å². The van der Waals surface area contributed by atoms with E-state index in [0.29, 0.717) is 12.5 Å². The van der Waals surface area contributed by atoms with Gasteiger partial charge in [-0.15, -0.1) is 0 Å². The van der Waals surface area contributed by atoms with E-state index in [4.69, 9.17) is 0 Å². The van der Waals surface area contributed by atoms with E-state index in [2.05, 4.69) is 25.9 Å². The molecular formula is C25H22FN5O. The average molecular weight is 427 g/mol. The molecule has 6 nitrogen and oxygen atoms in total. The van der Waals surface area contributed by atoms with Crippen LogP contribution >= 0.6 is 0 Å². The predicted molar refractivity (Wildman–Crippen MR) is 125 cm³/mol. The molecule has 3 N–H and O–H groups in total. The largest absolute Gasteiger partial charge is 0.381 e. The summed E-state index contributed by atoms with van der Waals surface area (Å²) >= 11 is 0. The van der Waals surface area contributed by atoms with Crippen molar-refractivity contribution in [3.05, 3.63) is 96.4 Å². The van der Waals surface area contributed by atoms with Gasteiger partial charge in [0, 0.05) is 42.3 Å². The molecule has 0 saturated heterocycles. The Balaban J connectivity index is 1.43. The van der Waals surface area contributed by atoms with E-state index in [9.17, 15) is 9.18 Å². The first-order valence-electron chi connectivity index (χ1n) is 10.1. The first-order chi connectivity index (χ1) is 15.5. The molecule has 0 unspecified atom stereocenters. The molecule has 1 heterocycles. The number of aromatic nitrogens is 2. The molecule has 1 amide bonds. The van der Waals surface area contributed by atoms with Crippen LogP contribution in [0.25, 0.3) is 11.3 Å². The highest BCUT2D eigenvalue weighted by Gasteiger charge is 2.05. The zero-order valence-electron chi connectivity index (χ0n) is 17.5. The normalized spacial score (nSPS) is 10.4.